The van der Waals surface area contributed by atoms with Gasteiger partial charge in [-0.05, 0) is 18.2 Å². The first-order valence-corrected chi connectivity index (χ1v) is 6.62. The molecule has 4 heteroatoms. The van der Waals surface area contributed by atoms with Crippen LogP contribution in [0.25, 0.3) is 0 Å². The molecule has 1 aromatic rings. The van der Waals surface area contributed by atoms with Crippen molar-refractivity contribution in [1.82, 2.24) is 4.90 Å². The molecule has 0 aliphatic carbocycles. The van der Waals surface area contributed by atoms with Crippen LogP contribution in [0.1, 0.15) is 12.5 Å². The molecule has 0 saturated carbocycles. The zero-order valence-corrected chi connectivity index (χ0v) is 11.2. The van der Waals surface area contributed by atoms with Gasteiger partial charge in [-0.3, -0.25) is 4.79 Å². The van der Waals surface area contributed by atoms with Gasteiger partial charge < -0.3 is 14.5 Å². The summed E-state index contributed by atoms with van der Waals surface area (Å²) in [5, 5.41) is 0. The monoisotopic (exact) mass is 258 g/mol. The maximum atomic E-state index is 11.3. The number of rotatable bonds is 1. The van der Waals surface area contributed by atoms with E-state index in [1.54, 1.807) is 6.92 Å². The minimum Gasteiger partial charge on any atom is -0.462 e. The van der Waals surface area contributed by atoms with E-state index in [1.807, 2.05) is 11.0 Å². The molecule has 0 N–H and O–H groups in total. The zero-order chi connectivity index (χ0) is 13.4. The van der Waals surface area contributed by atoms with Gasteiger partial charge in [0.25, 0.3) is 0 Å². The lowest BCUT2D eigenvalue weighted by Crippen LogP contribution is -2.48. The van der Waals surface area contributed by atoms with E-state index in [1.165, 1.54) is 11.3 Å². The van der Waals surface area contributed by atoms with E-state index in [2.05, 4.69) is 23.6 Å². The van der Waals surface area contributed by atoms with E-state index in [0.29, 0.717) is 0 Å². The van der Waals surface area contributed by atoms with Gasteiger partial charge >= 0.3 is 0 Å². The first-order valence-electron chi connectivity index (χ1n) is 6.62. The number of fused-ring (bicyclic) bond motifs is 1. The molecule has 3 rings (SSSR count). The van der Waals surface area contributed by atoms with Crippen LogP contribution in [0.15, 0.2) is 30.5 Å². The van der Waals surface area contributed by atoms with Crippen molar-refractivity contribution in [2.24, 2.45) is 0 Å². The third kappa shape index (κ3) is 2.30. The van der Waals surface area contributed by atoms with Crippen LogP contribution in [0.4, 0.5) is 5.69 Å². The first kappa shape index (κ1) is 12.1. The number of amides is 1. The highest BCUT2D eigenvalue weighted by Crippen LogP contribution is 2.33. The predicted octanol–water partition coefficient (Wildman–Crippen LogP) is 1.80. The predicted molar refractivity (Wildman–Crippen MR) is 74.4 cm³/mol. The van der Waals surface area contributed by atoms with Gasteiger partial charge in [0.2, 0.25) is 5.91 Å². The lowest BCUT2D eigenvalue weighted by molar-refractivity contribution is -0.129. The summed E-state index contributed by atoms with van der Waals surface area (Å²) in [6.45, 7) is 8.87. The number of allylic oxidation sites excluding steroid dienone is 1. The second-order valence-electron chi connectivity index (χ2n) is 5.10. The molecule has 1 saturated heterocycles. The third-order valence-corrected chi connectivity index (χ3v) is 3.78. The van der Waals surface area contributed by atoms with Crippen molar-refractivity contribution in [2.75, 3.05) is 31.1 Å². The number of anilines is 1. The normalized spacial score (nSPS) is 18.3. The summed E-state index contributed by atoms with van der Waals surface area (Å²) in [5.74, 6) is 1.91. The Morgan fingerprint density at radius 2 is 2.00 bits per heavy atom. The second-order valence-corrected chi connectivity index (χ2v) is 5.10. The third-order valence-electron chi connectivity index (χ3n) is 3.78. The summed E-state index contributed by atoms with van der Waals surface area (Å²) in [6, 6.07) is 6.28. The Morgan fingerprint density at radius 1 is 1.26 bits per heavy atom. The molecule has 1 amide bonds. The van der Waals surface area contributed by atoms with Gasteiger partial charge in [-0.1, -0.05) is 6.58 Å². The fraction of sp³-hybridized carbons (Fsp3) is 0.400. The maximum Gasteiger partial charge on any atom is 0.219 e. The average Bonchev–Trinajstić information content (AvgIpc) is 2.77. The van der Waals surface area contributed by atoms with Gasteiger partial charge in [-0.2, -0.15) is 0 Å². The van der Waals surface area contributed by atoms with Crippen molar-refractivity contribution in [3.05, 3.63) is 36.1 Å². The fourth-order valence-corrected chi connectivity index (χ4v) is 2.68. The summed E-state index contributed by atoms with van der Waals surface area (Å²) in [4.78, 5) is 15.5. The van der Waals surface area contributed by atoms with Crippen molar-refractivity contribution in [3.8, 4) is 5.75 Å². The van der Waals surface area contributed by atoms with Crippen LogP contribution in [-0.2, 0) is 11.2 Å². The van der Waals surface area contributed by atoms with E-state index in [4.69, 9.17) is 4.74 Å². The lowest BCUT2D eigenvalue weighted by atomic mass is 10.1. The Balaban J connectivity index is 1.73. The van der Waals surface area contributed by atoms with Crippen molar-refractivity contribution in [2.45, 2.75) is 13.3 Å². The number of nitrogens with zero attached hydrogens (tertiary/aromatic N) is 2. The number of benzene rings is 1. The van der Waals surface area contributed by atoms with E-state index in [9.17, 15) is 4.79 Å². The van der Waals surface area contributed by atoms with Gasteiger partial charge in [0.15, 0.2) is 0 Å². The number of ether oxygens (including phenoxy) is 1. The SMILES string of the molecule is C=C1Cc2cc(N3CCN(C(C)=O)CC3)ccc2O1. The molecular weight excluding hydrogens is 240 g/mol. The van der Waals surface area contributed by atoms with E-state index in [-0.39, 0.29) is 5.91 Å². The second kappa shape index (κ2) is 4.61. The van der Waals surface area contributed by atoms with Gasteiger partial charge in [0.05, 0.1) is 0 Å². The Labute approximate surface area is 113 Å². The molecule has 1 fully saturated rings. The number of carbonyl (C=O) groups is 1. The molecule has 0 atom stereocenters. The largest absolute Gasteiger partial charge is 0.462 e. The van der Waals surface area contributed by atoms with E-state index in [0.717, 1.165) is 44.1 Å². The Morgan fingerprint density at radius 3 is 2.68 bits per heavy atom. The van der Waals surface area contributed by atoms with E-state index >= 15 is 0 Å². The highest BCUT2D eigenvalue weighted by Gasteiger charge is 2.21. The van der Waals surface area contributed by atoms with Crippen molar-refractivity contribution in [1.29, 1.82) is 0 Å². The minimum absolute atomic E-state index is 0.165. The van der Waals surface area contributed by atoms with Crippen LogP contribution in [0.3, 0.4) is 0 Å². The summed E-state index contributed by atoms with van der Waals surface area (Å²) >= 11 is 0. The lowest BCUT2D eigenvalue weighted by Gasteiger charge is -2.35. The molecule has 2 aliphatic heterocycles. The van der Waals surface area contributed by atoms with E-state index < -0.39 is 0 Å². The smallest absolute Gasteiger partial charge is 0.219 e. The summed E-state index contributed by atoms with van der Waals surface area (Å²) in [7, 11) is 0. The van der Waals surface area contributed by atoms with Crippen molar-refractivity contribution in [3.63, 3.8) is 0 Å². The minimum atomic E-state index is 0.165. The summed E-state index contributed by atoms with van der Waals surface area (Å²) < 4.78 is 5.53. The highest BCUT2D eigenvalue weighted by molar-refractivity contribution is 5.73. The van der Waals surface area contributed by atoms with Crippen LogP contribution < -0.4 is 9.64 Å². The topological polar surface area (TPSA) is 32.8 Å². The first-order chi connectivity index (χ1) is 9.13. The molecule has 0 spiro atoms. The summed E-state index contributed by atoms with van der Waals surface area (Å²) in [6.07, 6.45) is 0.802. The highest BCUT2D eigenvalue weighted by atomic mass is 16.5. The maximum absolute atomic E-state index is 11.3. The molecule has 0 bridgehead atoms. The van der Waals surface area contributed by atoms with Gasteiger partial charge in [-0.15, -0.1) is 0 Å². The standard InChI is InChI=1S/C15H18N2O2/c1-11-9-13-10-14(3-4-15(13)19-11)17-7-5-16(6-8-17)12(2)18/h3-4,10H,1,5-9H2,2H3. The van der Waals surface area contributed by atoms with Crippen molar-refractivity contribution < 1.29 is 9.53 Å². The quantitative estimate of drug-likeness (QED) is 0.770. The van der Waals surface area contributed by atoms with Gasteiger partial charge in [-0.25, -0.2) is 0 Å². The Kier molecular flexibility index (Phi) is 2.93. The average molecular weight is 258 g/mol. The van der Waals surface area contributed by atoms with Crippen LogP contribution in [-0.4, -0.2) is 37.0 Å². The molecule has 1 aromatic carbocycles. The molecule has 0 radical (unpaired) electrons. The van der Waals surface area contributed by atoms with Crippen molar-refractivity contribution >= 4 is 11.6 Å². The molecule has 0 unspecified atom stereocenters. The van der Waals surface area contributed by atoms with Crippen LogP contribution in [0.5, 0.6) is 5.75 Å². The molecular formula is C15H18N2O2. The Bertz CT molecular complexity index is 531. The molecule has 0 aromatic heterocycles. The van der Waals surface area contributed by atoms with Gasteiger partial charge in [0, 0.05) is 50.8 Å². The number of carbonyl (C=O) groups excluding carboxylic acids is 1. The van der Waals surface area contributed by atoms with Crippen LogP contribution in [0, 0.1) is 0 Å². The number of hydrogen-bond donors (Lipinski definition) is 0. The number of hydrogen-bond acceptors (Lipinski definition) is 3. The van der Waals surface area contributed by atoms with Crippen LogP contribution in [0.2, 0.25) is 0 Å². The zero-order valence-electron chi connectivity index (χ0n) is 11.2. The molecule has 100 valence electrons. The fourth-order valence-electron chi connectivity index (χ4n) is 2.68. The van der Waals surface area contributed by atoms with Crippen LogP contribution >= 0.6 is 0 Å². The molecule has 2 aliphatic rings. The molecule has 19 heavy (non-hydrogen) atoms. The number of piperazine rings is 1. The molecule has 2 heterocycles. The van der Waals surface area contributed by atoms with Gasteiger partial charge in [0.1, 0.15) is 11.5 Å². The molecule has 4 nitrogen and oxygen atoms in total. The summed E-state index contributed by atoms with van der Waals surface area (Å²) in [5.41, 5.74) is 2.41. The Hall–Kier alpha value is -1.97.